The molecule has 1 heterocycles. The summed E-state index contributed by atoms with van der Waals surface area (Å²) in [4.78, 5) is 26.0. The van der Waals surface area contributed by atoms with Crippen molar-refractivity contribution in [1.29, 1.82) is 0 Å². The minimum Gasteiger partial charge on any atom is -0.480 e. The molecule has 1 unspecified atom stereocenters. The molecule has 2 rings (SSSR count). The fraction of sp³-hybridized carbons (Fsp3) is 0.267. The highest BCUT2D eigenvalue weighted by Gasteiger charge is 2.40. The van der Waals surface area contributed by atoms with Crippen molar-refractivity contribution in [2.24, 2.45) is 0 Å². The summed E-state index contributed by atoms with van der Waals surface area (Å²) in [6, 6.07) is 6.87. The maximum absolute atomic E-state index is 13.2. The van der Waals surface area contributed by atoms with E-state index in [-0.39, 0.29) is 11.4 Å². The molecule has 0 fully saturated rings. The van der Waals surface area contributed by atoms with Crippen LogP contribution >= 0.6 is 11.3 Å². The number of thiazole rings is 1. The summed E-state index contributed by atoms with van der Waals surface area (Å²) >= 11 is 0.576. The first kappa shape index (κ1) is 17.9. The molecule has 2 N–H and O–H groups in total. The Morgan fingerprint density at radius 3 is 2.42 bits per heavy atom. The maximum Gasteiger partial charge on any atom is 0.435 e. The van der Waals surface area contributed by atoms with E-state index in [1.54, 1.807) is 30.3 Å². The quantitative estimate of drug-likeness (QED) is 0.858. The Balaban J connectivity index is 2.43. The second-order valence-corrected chi connectivity index (χ2v) is 5.83. The van der Waals surface area contributed by atoms with E-state index in [1.165, 1.54) is 6.92 Å². The van der Waals surface area contributed by atoms with Gasteiger partial charge in [-0.1, -0.05) is 37.3 Å². The van der Waals surface area contributed by atoms with Gasteiger partial charge in [0.05, 0.1) is 0 Å². The molecule has 0 saturated heterocycles. The summed E-state index contributed by atoms with van der Waals surface area (Å²) in [5, 5.41) is 11.1. The average Bonchev–Trinajstić information content (AvgIpc) is 2.98. The van der Waals surface area contributed by atoms with Crippen molar-refractivity contribution in [2.45, 2.75) is 25.6 Å². The Labute approximate surface area is 139 Å². The van der Waals surface area contributed by atoms with Crippen LogP contribution in [-0.4, -0.2) is 28.0 Å². The van der Waals surface area contributed by atoms with Gasteiger partial charge in [-0.3, -0.25) is 4.79 Å². The second kappa shape index (κ2) is 7.00. The zero-order valence-electron chi connectivity index (χ0n) is 12.4. The number of benzene rings is 1. The highest BCUT2D eigenvalue weighted by molar-refractivity contribution is 7.17. The molecule has 1 atom stereocenters. The van der Waals surface area contributed by atoms with Crippen LogP contribution in [0.25, 0.3) is 10.6 Å². The van der Waals surface area contributed by atoms with Gasteiger partial charge in [0.15, 0.2) is 5.69 Å². The molecule has 1 aromatic heterocycles. The van der Waals surface area contributed by atoms with Crippen LogP contribution in [0.4, 0.5) is 13.2 Å². The van der Waals surface area contributed by atoms with Crippen LogP contribution in [0.15, 0.2) is 30.3 Å². The summed E-state index contributed by atoms with van der Waals surface area (Å²) in [5.74, 6) is -2.41. The maximum atomic E-state index is 13.2. The summed E-state index contributed by atoms with van der Waals surface area (Å²) < 4.78 is 39.5. The van der Waals surface area contributed by atoms with Crippen molar-refractivity contribution in [3.05, 3.63) is 40.9 Å². The second-order valence-electron chi connectivity index (χ2n) is 4.83. The fourth-order valence-electron chi connectivity index (χ4n) is 1.93. The molecule has 0 aliphatic rings. The SMILES string of the molecule is CCC(NC(=O)c1sc(-c2ccccc2)nc1C(F)(F)F)C(=O)O. The third-order valence-corrected chi connectivity index (χ3v) is 4.24. The number of halogens is 3. The van der Waals surface area contributed by atoms with E-state index in [4.69, 9.17) is 5.11 Å². The highest BCUT2D eigenvalue weighted by Crippen LogP contribution is 2.37. The van der Waals surface area contributed by atoms with E-state index < -0.39 is 34.7 Å². The lowest BCUT2D eigenvalue weighted by Gasteiger charge is -2.12. The lowest BCUT2D eigenvalue weighted by atomic mass is 10.2. The molecular weight excluding hydrogens is 345 g/mol. The zero-order valence-corrected chi connectivity index (χ0v) is 13.2. The average molecular weight is 358 g/mol. The first-order chi connectivity index (χ1) is 11.2. The van der Waals surface area contributed by atoms with Crippen LogP contribution < -0.4 is 5.32 Å². The van der Waals surface area contributed by atoms with Gasteiger partial charge in [-0.25, -0.2) is 9.78 Å². The van der Waals surface area contributed by atoms with E-state index in [0.29, 0.717) is 16.9 Å². The number of rotatable bonds is 5. The number of alkyl halides is 3. The van der Waals surface area contributed by atoms with Crippen molar-refractivity contribution < 1.29 is 27.9 Å². The van der Waals surface area contributed by atoms with Gasteiger partial charge in [0, 0.05) is 5.56 Å². The number of hydrogen-bond donors (Lipinski definition) is 2. The number of nitrogens with zero attached hydrogens (tertiary/aromatic N) is 1. The molecule has 0 aliphatic heterocycles. The van der Waals surface area contributed by atoms with Crippen LogP contribution in [-0.2, 0) is 11.0 Å². The molecule has 2 aromatic rings. The third kappa shape index (κ3) is 3.91. The Morgan fingerprint density at radius 1 is 1.29 bits per heavy atom. The number of carbonyl (C=O) groups excluding carboxylic acids is 1. The summed E-state index contributed by atoms with van der Waals surface area (Å²) in [6.45, 7) is 1.51. The van der Waals surface area contributed by atoms with Crippen molar-refractivity contribution in [3.63, 3.8) is 0 Å². The van der Waals surface area contributed by atoms with Gasteiger partial charge in [-0.2, -0.15) is 13.2 Å². The molecule has 1 amide bonds. The van der Waals surface area contributed by atoms with E-state index >= 15 is 0 Å². The molecule has 1 aromatic carbocycles. The predicted octanol–water partition coefficient (Wildman–Crippen LogP) is 3.42. The van der Waals surface area contributed by atoms with Crippen LogP contribution in [0.2, 0.25) is 0 Å². The van der Waals surface area contributed by atoms with Gasteiger partial charge in [-0.05, 0) is 6.42 Å². The van der Waals surface area contributed by atoms with Crippen molar-refractivity contribution in [3.8, 4) is 10.6 Å². The zero-order chi connectivity index (χ0) is 17.9. The van der Waals surface area contributed by atoms with E-state index in [0.717, 1.165) is 0 Å². The van der Waals surface area contributed by atoms with E-state index in [2.05, 4.69) is 10.3 Å². The Hall–Kier alpha value is -2.42. The molecular formula is C15H13F3N2O3S. The monoisotopic (exact) mass is 358 g/mol. The molecule has 9 heteroatoms. The fourth-order valence-corrected chi connectivity index (χ4v) is 2.93. The predicted molar refractivity (Wildman–Crippen MR) is 81.7 cm³/mol. The van der Waals surface area contributed by atoms with Crippen molar-refractivity contribution >= 4 is 23.2 Å². The summed E-state index contributed by atoms with van der Waals surface area (Å²) in [5.41, 5.74) is -0.874. The van der Waals surface area contributed by atoms with Crippen molar-refractivity contribution in [2.75, 3.05) is 0 Å². The molecule has 128 valence electrons. The summed E-state index contributed by atoms with van der Waals surface area (Å²) in [6.07, 6.45) is -4.77. The van der Waals surface area contributed by atoms with E-state index in [9.17, 15) is 22.8 Å². The number of nitrogens with one attached hydrogen (secondary N) is 1. The molecule has 5 nitrogen and oxygen atoms in total. The minimum atomic E-state index is -4.82. The topological polar surface area (TPSA) is 79.3 Å². The van der Waals surface area contributed by atoms with E-state index in [1.807, 2.05) is 0 Å². The molecule has 0 saturated carbocycles. The van der Waals surface area contributed by atoms with Gasteiger partial charge in [0.25, 0.3) is 5.91 Å². The standard InChI is InChI=1S/C15H13F3N2O3S/c1-2-9(14(22)23)19-12(21)10-11(15(16,17)18)20-13(24-10)8-6-4-3-5-7-8/h3-7,9H,2H2,1H3,(H,19,21)(H,22,23). The van der Waals surface area contributed by atoms with Gasteiger partial charge >= 0.3 is 12.1 Å². The largest absolute Gasteiger partial charge is 0.480 e. The van der Waals surface area contributed by atoms with Crippen LogP contribution in [0.1, 0.15) is 28.7 Å². The smallest absolute Gasteiger partial charge is 0.435 e. The lowest BCUT2D eigenvalue weighted by molar-refractivity contribution is -0.141. The minimum absolute atomic E-state index is 0.0384. The Kier molecular flexibility index (Phi) is 5.23. The molecule has 0 bridgehead atoms. The Morgan fingerprint density at radius 2 is 1.92 bits per heavy atom. The number of amides is 1. The van der Waals surface area contributed by atoms with Gasteiger partial charge in [-0.15, -0.1) is 11.3 Å². The molecule has 0 spiro atoms. The number of hydrogen-bond acceptors (Lipinski definition) is 4. The highest BCUT2D eigenvalue weighted by atomic mass is 32.1. The third-order valence-electron chi connectivity index (χ3n) is 3.13. The molecule has 24 heavy (non-hydrogen) atoms. The normalized spacial score (nSPS) is 12.7. The first-order valence-electron chi connectivity index (χ1n) is 6.91. The van der Waals surface area contributed by atoms with Crippen molar-refractivity contribution in [1.82, 2.24) is 10.3 Å². The van der Waals surface area contributed by atoms with Crippen LogP contribution in [0, 0.1) is 0 Å². The van der Waals surface area contributed by atoms with Gasteiger partial charge in [0.1, 0.15) is 15.9 Å². The van der Waals surface area contributed by atoms with Gasteiger partial charge < -0.3 is 10.4 Å². The molecule has 0 aliphatic carbocycles. The van der Waals surface area contributed by atoms with Crippen LogP contribution in [0.3, 0.4) is 0 Å². The lowest BCUT2D eigenvalue weighted by Crippen LogP contribution is -2.40. The first-order valence-corrected chi connectivity index (χ1v) is 7.72. The molecule has 0 radical (unpaired) electrons. The number of carboxylic acid groups (broad SMARTS) is 1. The summed E-state index contributed by atoms with van der Waals surface area (Å²) in [7, 11) is 0. The Bertz CT molecular complexity index is 744. The van der Waals surface area contributed by atoms with Crippen LogP contribution in [0.5, 0.6) is 0 Å². The number of carbonyl (C=O) groups is 2. The number of aromatic nitrogens is 1. The number of aliphatic carboxylic acids is 1. The van der Waals surface area contributed by atoms with Gasteiger partial charge in [0.2, 0.25) is 0 Å². The number of carboxylic acids is 1.